The summed E-state index contributed by atoms with van der Waals surface area (Å²) in [6.07, 6.45) is 3.22. The molecule has 184 valence electrons. The minimum Gasteiger partial charge on any atom is -0.486 e. The molecule has 0 bridgehead atoms. The molecule has 1 heterocycles. The fourth-order valence-corrected chi connectivity index (χ4v) is 5.41. The molecule has 0 saturated heterocycles. The molecule has 0 saturated carbocycles. The minimum absolute atomic E-state index is 0.0702. The molecule has 2 atom stereocenters. The van der Waals surface area contributed by atoms with Crippen LogP contribution in [-0.4, -0.2) is 25.7 Å². The number of carbonyl (C=O) groups is 1. The van der Waals surface area contributed by atoms with E-state index in [2.05, 4.69) is 66.4 Å². The van der Waals surface area contributed by atoms with Gasteiger partial charge in [-0.15, -0.1) is 0 Å². The van der Waals surface area contributed by atoms with E-state index in [9.17, 15) is 4.79 Å². The monoisotopic (exact) mass is 479 g/mol. The molecule has 36 heavy (non-hydrogen) atoms. The van der Waals surface area contributed by atoms with Crippen molar-refractivity contribution in [1.29, 1.82) is 0 Å². The van der Waals surface area contributed by atoms with Crippen molar-refractivity contribution in [2.45, 2.75) is 45.1 Å². The summed E-state index contributed by atoms with van der Waals surface area (Å²) in [6, 6.07) is 29.2. The Morgan fingerprint density at radius 1 is 0.972 bits per heavy atom. The summed E-state index contributed by atoms with van der Waals surface area (Å²) in [5, 5.41) is 2.65. The second-order valence-electron chi connectivity index (χ2n) is 9.66. The van der Waals surface area contributed by atoms with Gasteiger partial charge in [0.2, 0.25) is 0 Å². The smallest absolute Gasteiger partial charge is 0.338 e. The van der Waals surface area contributed by atoms with E-state index < -0.39 is 0 Å². The Balaban J connectivity index is 1.33. The lowest BCUT2D eigenvalue weighted by molar-refractivity contribution is 0.0600. The van der Waals surface area contributed by atoms with E-state index in [0.717, 1.165) is 48.5 Å². The van der Waals surface area contributed by atoms with Crippen LogP contribution in [0.3, 0.4) is 0 Å². The molecular formula is C32H33NO3. The summed E-state index contributed by atoms with van der Waals surface area (Å²) in [4.78, 5) is 14.6. The largest absolute Gasteiger partial charge is 0.486 e. The van der Waals surface area contributed by atoms with E-state index in [0.29, 0.717) is 11.5 Å². The van der Waals surface area contributed by atoms with E-state index in [-0.39, 0.29) is 12.1 Å². The van der Waals surface area contributed by atoms with Gasteiger partial charge >= 0.3 is 5.97 Å². The van der Waals surface area contributed by atoms with Gasteiger partial charge in [0, 0.05) is 5.69 Å². The molecule has 0 amide bonds. The van der Waals surface area contributed by atoms with Crippen LogP contribution in [0.2, 0.25) is 0 Å². The number of benzene rings is 4. The molecule has 4 heteroatoms. The summed E-state index contributed by atoms with van der Waals surface area (Å²) in [6.45, 7) is 5.05. The van der Waals surface area contributed by atoms with Gasteiger partial charge in [0.1, 0.15) is 11.9 Å². The third kappa shape index (κ3) is 4.68. The van der Waals surface area contributed by atoms with Crippen molar-refractivity contribution >= 4 is 28.1 Å². The van der Waals surface area contributed by atoms with Crippen molar-refractivity contribution in [3.63, 3.8) is 0 Å². The number of anilines is 2. The molecule has 1 aliphatic rings. The number of esters is 1. The maximum atomic E-state index is 12.3. The Morgan fingerprint density at radius 3 is 2.56 bits per heavy atom. The van der Waals surface area contributed by atoms with E-state index in [4.69, 9.17) is 9.47 Å². The van der Waals surface area contributed by atoms with Crippen molar-refractivity contribution in [3.8, 4) is 5.75 Å². The van der Waals surface area contributed by atoms with Gasteiger partial charge in [-0.2, -0.15) is 0 Å². The van der Waals surface area contributed by atoms with Crippen LogP contribution in [0.5, 0.6) is 5.75 Å². The van der Waals surface area contributed by atoms with Crippen molar-refractivity contribution in [2.75, 3.05) is 18.6 Å². The quantitative estimate of drug-likeness (QED) is 0.253. The van der Waals surface area contributed by atoms with Crippen LogP contribution in [0.4, 0.5) is 11.4 Å². The van der Waals surface area contributed by atoms with Gasteiger partial charge < -0.3 is 14.4 Å². The van der Waals surface area contributed by atoms with Gasteiger partial charge in [0.25, 0.3) is 0 Å². The highest BCUT2D eigenvalue weighted by Crippen LogP contribution is 2.41. The van der Waals surface area contributed by atoms with Crippen molar-refractivity contribution < 1.29 is 14.3 Å². The molecule has 4 aromatic rings. The van der Waals surface area contributed by atoms with Crippen molar-refractivity contribution in [1.82, 2.24) is 0 Å². The molecule has 1 unspecified atom stereocenters. The highest BCUT2D eigenvalue weighted by Gasteiger charge is 2.28. The lowest BCUT2D eigenvalue weighted by Gasteiger charge is -2.37. The third-order valence-corrected chi connectivity index (χ3v) is 7.35. The number of carbonyl (C=O) groups excluding carboxylic acids is 1. The average molecular weight is 480 g/mol. The number of para-hydroxylation sites is 2. The minimum atomic E-state index is -0.310. The first-order chi connectivity index (χ1) is 17.6. The normalized spacial score (nSPS) is 15.8. The molecule has 4 aromatic carbocycles. The summed E-state index contributed by atoms with van der Waals surface area (Å²) in [5.74, 6) is 1.05. The number of ether oxygens (including phenoxy) is 2. The van der Waals surface area contributed by atoms with Crippen LogP contribution < -0.4 is 9.64 Å². The highest BCUT2D eigenvalue weighted by atomic mass is 16.5. The molecule has 0 fully saturated rings. The molecule has 0 aromatic heterocycles. The first-order valence-electron chi connectivity index (χ1n) is 12.8. The zero-order valence-electron chi connectivity index (χ0n) is 21.2. The number of nitrogens with zero attached hydrogens (tertiary/aromatic N) is 1. The Morgan fingerprint density at radius 2 is 1.69 bits per heavy atom. The molecule has 1 aliphatic heterocycles. The Kier molecular flexibility index (Phi) is 6.95. The summed E-state index contributed by atoms with van der Waals surface area (Å²) < 4.78 is 11.5. The summed E-state index contributed by atoms with van der Waals surface area (Å²) >= 11 is 0. The van der Waals surface area contributed by atoms with Gasteiger partial charge in [-0.25, -0.2) is 4.79 Å². The Bertz CT molecular complexity index is 1370. The SMILES string of the molecule is COC(=O)c1cccc(N2CC(CCC[C@H](C)c3cccc4ccccc34)Oc3ccccc32)c1C. The molecule has 0 radical (unpaired) electrons. The van der Waals surface area contributed by atoms with E-state index >= 15 is 0 Å². The molecule has 0 aliphatic carbocycles. The van der Waals surface area contributed by atoms with E-state index in [1.807, 2.05) is 37.3 Å². The molecule has 5 rings (SSSR count). The second kappa shape index (κ2) is 10.4. The van der Waals surface area contributed by atoms with Gasteiger partial charge in [-0.3, -0.25) is 0 Å². The molecular weight excluding hydrogens is 446 g/mol. The number of fused-ring (bicyclic) bond motifs is 2. The first-order valence-corrected chi connectivity index (χ1v) is 12.8. The fourth-order valence-electron chi connectivity index (χ4n) is 5.41. The maximum absolute atomic E-state index is 12.3. The van der Waals surface area contributed by atoms with Crippen LogP contribution in [-0.2, 0) is 4.74 Å². The number of rotatable bonds is 7. The van der Waals surface area contributed by atoms with Gasteiger partial charge in [-0.05, 0) is 78.3 Å². The second-order valence-corrected chi connectivity index (χ2v) is 9.66. The molecule has 0 spiro atoms. The predicted octanol–water partition coefficient (Wildman–Crippen LogP) is 7.81. The van der Waals surface area contributed by atoms with Crippen molar-refractivity contribution in [2.24, 2.45) is 0 Å². The summed E-state index contributed by atoms with van der Waals surface area (Å²) in [5.41, 5.74) is 4.98. The lowest BCUT2D eigenvalue weighted by atomic mass is 9.90. The third-order valence-electron chi connectivity index (χ3n) is 7.35. The lowest BCUT2D eigenvalue weighted by Crippen LogP contribution is -2.37. The fraction of sp³-hybridized carbons (Fsp3) is 0.281. The Hall–Kier alpha value is -3.79. The molecule has 0 N–H and O–H groups in total. The maximum Gasteiger partial charge on any atom is 0.338 e. The van der Waals surface area contributed by atoms with E-state index in [1.54, 1.807) is 0 Å². The van der Waals surface area contributed by atoms with Gasteiger partial charge in [0.15, 0.2) is 0 Å². The molecule has 4 nitrogen and oxygen atoms in total. The van der Waals surface area contributed by atoms with Crippen LogP contribution in [0.25, 0.3) is 10.8 Å². The first kappa shape index (κ1) is 23.9. The Labute approximate surface area is 213 Å². The standard InChI is InChI=1S/C32H33NO3/c1-22(26-16-9-13-24-12-4-5-15-28(24)26)11-8-14-25-21-33(30-18-6-7-20-31(30)36-25)29-19-10-17-27(23(29)2)32(34)35-3/h4-7,9-10,12-13,15-20,22,25H,8,11,14,21H2,1-3H3/t22-,25?/m0/s1. The van der Waals surface area contributed by atoms with Crippen LogP contribution in [0.15, 0.2) is 84.9 Å². The number of hydrogen-bond acceptors (Lipinski definition) is 4. The number of methoxy groups -OCH3 is 1. The highest BCUT2D eigenvalue weighted by molar-refractivity contribution is 5.93. The van der Waals surface area contributed by atoms with Gasteiger partial charge in [-0.1, -0.05) is 67.6 Å². The van der Waals surface area contributed by atoms with Crippen LogP contribution in [0, 0.1) is 6.92 Å². The topological polar surface area (TPSA) is 38.8 Å². The summed E-state index contributed by atoms with van der Waals surface area (Å²) in [7, 11) is 1.42. The zero-order valence-corrected chi connectivity index (χ0v) is 21.2. The van der Waals surface area contributed by atoms with Crippen LogP contribution >= 0.6 is 0 Å². The van der Waals surface area contributed by atoms with Crippen LogP contribution in [0.1, 0.15) is 53.6 Å². The number of hydrogen-bond donors (Lipinski definition) is 0. The average Bonchev–Trinajstić information content (AvgIpc) is 2.92. The van der Waals surface area contributed by atoms with Gasteiger partial charge in [0.05, 0.1) is 24.9 Å². The van der Waals surface area contributed by atoms with E-state index in [1.165, 1.54) is 23.4 Å². The zero-order chi connectivity index (χ0) is 25.1. The van der Waals surface area contributed by atoms with Crippen molar-refractivity contribution in [3.05, 3.63) is 102 Å². The predicted molar refractivity (Wildman–Crippen MR) is 147 cm³/mol.